The number of fused-ring (bicyclic) bond motifs is 3. The molecule has 4 aromatic rings. The molecule has 1 aliphatic carbocycles. The topological polar surface area (TPSA) is 59.4 Å². The van der Waals surface area contributed by atoms with Gasteiger partial charge in [-0.15, -0.1) is 0 Å². The number of benzene rings is 1. The molecule has 1 fully saturated rings. The van der Waals surface area contributed by atoms with E-state index in [1.165, 1.54) is 43.5 Å². The van der Waals surface area contributed by atoms with Crippen LogP contribution < -0.4 is 0 Å². The van der Waals surface area contributed by atoms with Gasteiger partial charge in [-0.2, -0.15) is 10.2 Å². The lowest BCUT2D eigenvalue weighted by Gasteiger charge is -2.37. The molecule has 1 aromatic carbocycles. The maximum atomic E-state index is 13.5. The second-order valence-corrected chi connectivity index (χ2v) is 7.56. The zero-order chi connectivity index (χ0) is 18.0. The van der Waals surface area contributed by atoms with Gasteiger partial charge in [-0.25, -0.2) is 9.37 Å². The van der Waals surface area contributed by atoms with E-state index in [2.05, 4.69) is 19.9 Å². The molecule has 7 rings (SSSR count). The van der Waals surface area contributed by atoms with Gasteiger partial charge in [0.25, 0.3) is 0 Å². The van der Waals surface area contributed by atoms with E-state index in [4.69, 9.17) is 5.10 Å². The number of pyridine rings is 1. The normalized spacial score (nSPS) is 20.9. The predicted octanol–water partition coefficient (Wildman–Crippen LogP) is 4.84. The molecule has 0 radical (unpaired) electrons. The van der Waals surface area contributed by atoms with Crippen LogP contribution >= 0.6 is 0 Å². The fourth-order valence-electron chi connectivity index (χ4n) is 4.86. The van der Waals surface area contributed by atoms with Gasteiger partial charge in [-0.1, -0.05) is 0 Å². The monoisotopic (exact) mass is 359 g/mol. The van der Waals surface area contributed by atoms with E-state index in [-0.39, 0.29) is 5.82 Å². The minimum Gasteiger partial charge on any atom is -0.265 e. The number of hydrogen-bond acceptors (Lipinski definition) is 3. The Morgan fingerprint density at radius 3 is 2.67 bits per heavy atom. The summed E-state index contributed by atoms with van der Waals surface area (Å²) in [5, 5.41) is 13.2. The summed E-state index contributed by atoms with van der Waals surface area (Å²) in [7, 11) is 0. The van der Waals surface area contributed by atoms with Gasteiger partial charge in [0.1, 0.15) is 11.5 Å². The summed E-state index contributed by atoms with van der Waals surface area (Å²) in [5.74, 6) is 0.298. The smallest absolute Gasteiger partial charge is 0.155 e. The first-order valence-electron chi connectivity index (χ1n) is 9.46. The van der Waals surface area contributed by atoms with Crippen LogP contribution in [0.4, 0.5) is 4.39 Å². The van der Waals surface area contributed by atoms with Gasteiger partial charge < -0.3 is 0 Å². The fourth-order valence-corrected chi connectivity index (χ4v) is 4.86. The van der Waals surface area contributed by atoms with Crippen molar-refractivity contribution >= 4 is 11.0 Å². The van der Waals surface area contributed by atoms with Crippen molar-refractivity contribution in [3.05, 3.63) is 54.2 Å². The minimum absolute atomic E-state index is 0.231. The molecule has 1 N–H and O–H groups in total. The quantitative estimate of drug-likeness (QED) is 0.557. The van der Waals surface area contributed by atoms with Crippen molar-refractivity contribution in [2.75, 3.05) is 0 Å². The molecule has 5 heterocycles. The molecule has 3 aromatic heterocycles. The Labute approximate surface area is 155 Å². The molecule has 0 unspecified atom stereocenters. The van der Waals surface area contributed by atoms with Crippen molar-refractivity contribution in [2.24, 2.45) is 0 Å². The molecule has 2 aliphatic heterocycles. The van der Waals surface area contributed by atoms with Crippen LogP contribution in [0.3, 0.4) is 0 Å². The summed E-state index contributed by atoms with van der Waals surface area (Å²) in [6.07, 6.45) is 8.46. The molecule has 3 aliphatic rings. The zero-order valence-electron chi connectivity index (χ0n) is 14.7. The number of halogens is 1. The number of H-pyrrole nitrogens is 1. The maximum Gasteiger partial charge on any atom is 0.155 e. The molecule has 1 saturated carbocycles. The van der Waals surface area contributed by atoms with Crippen molar-refractivity contribution in [1.82, 2.24) is 25.0 Å². The summed E-state index contributed by atoms with van der Waals surface area (Å²) in [5.41, 5.74) is 6.23. The van der Waals surface area contributed by atoms with Crippen LogP contribution in [-0.4, -0.2) is 25.0 Å². The molecule has 0 atom stereocenters. The molecule has 134 valence electrons. The van der Waals surface area contributed by atoms with E-state index >= 15 is 0 Å². The van der Waals surface area contributed by atoms with E-state index in [9.17, 15) is 4.39 Å². The number of aromatic amines is 1. The van der Waals surface area contributed by atoms with Crippen LogP contribution in [0.15, 0.2) is 42.7 Å². The molecule has 2 bridgehead atoms. The first-order valence-corrected chi connectivity index (χ1v) is 9.46. The van der Waals surface area contributed by atoms with Gasteiger partial charge in [0.2, 0.25) is 0 Å². The third kappa shape index (κ3) is 2.13. The Hall–Kier alpha value is -3.02. The second kappa shape index (κ2) is 5.49. The Bertz CT molecular complexity index is 1150. The highest BCUT2D eigenvalue weighted by atomic mass is 19.1. The van der Waals surface area contributed by atoms with Crippen LogP contribution in [0, 0.1) is 5.82 Å². The van der Waals surface area contributed by atoms with Crippen LogP contribution in [0.5, 0.6) is 0 Å². The highest BCUT2D eigenvalue weighted by molar-refractivity contribution is 5.97. The summed E-state index contributed by atoms with van der Waals surface area (Å²) in [6.45, 7) is 0. The SMILES string of the molecule is Fc1ccc(-c2nn3c(c2-c2ccnc4[nH]ncc24)C2CCC3CC2)cc1. The summed E-state index contributed by atoms with van der Waals surface area (Å²) in [4.78, 5) is 4.39. The minimum atomic E-state index is -0.231. The average Bonchev–Trinajstić information content (AvgIpc) is 3.35. The molecule has 0 saturated heterocycles. The van der Waals surface area contributed by atoms with Gasteiger partial charge >= 0.3 is 0 Å². The molecular weight excluding hydrogens is 341 g/mol. The highest BCUT2D eigenvalue weighted by Gasteiger charge is 2.38. The van der Waals surface area contributed by atoms with Gasteiger partial charge in [-0.3, -0.25) is 9.78 Å². The Kier molecular flexibility index (Phi) is 3.06. The third-order valence-corrected chi connectivity index (χ3v) is 6.12. The second-order valence-electron chi connectivity index (χ2n) is 7.56. The molecule has 27 heavy (non-hydrogen) atoms. The van der Waals surface area contributed by atoms with Crippen molar-refractivity contribution in [2.45, 2.75) is 37.6 Å². The number of rotatable bonds is 2. The summed E-state index contributed by atoms with van der Waals surface area (Å²) < 4.78 is 15.8. The lowest BCUT2D eigenvalue weighted by atomic mass is 9.77. The van der Waals surface area contributed by atoms with E-state index < -0.39 is 0 Å². The van der Waals surface area contributed by atoms with Crippen LogP contribution in [0.25, 0.3) is 33.4 Å². The number of nitrogens with one attached hydrogen (secondary N) is 1. The van der Waals surface area contributed by atoms with Gasteiger partial charge in [0.15, 0.2) is 5.65 Å². The molecule has 6 heteroatoms. The first kappa shape index (κ1) is 15.1. The Balaban J connectivity index is 1.69. The van der Waals surface area contributed by atoms with Crippen LogP contribution in [0.2, 0.25) is 0 Å². The zero-order valence-corrected chi connectivity index (χ0v) is 14.7. The number of nitrogens with zero attached hydrogens (tertiary/aromatic N) is 4. The summed E-state index contributed by atoms with van der Waals surface area (Å²) >= 11 is 0. The predicted molar refractivity (Wildman–Crippen MR) is 101 cm³/mol. The molecular formula is C21H18FN5. The van der Waals surface area contributed by atoms with Gasteiger partial charge in [-0.05, 0) is 61.6 Å². The molecule has 5 nitrogen and oxygen atoms in total. The largest absolute Gasteiger partial charge is 0.265 e. The number of hydrogen-bond donors (Lipinski definition) is 1. The molecule has 0 spiro atoms. The maximum absolute atomic E-state index is 13.5. The number of aromatic nitrogens is 5. The third-order valence-electron chi connectivity index (χ3n) is 6.12. The van der Waals surface area contributed by atoms with E-state index in [0.29, 0.717) is 12.0 Å². The van der Waals surface area contributed by atoms with Gasteiger partial charge in [0.05, 0.1) is 17.9 Å². The lowest BCUT2D eigenvalue weighted by molar-refractivity contribution is 0.240. The van der Waals surface area contributed by atoms with Gasteiger partial charge in [0, 0.05) is 28.6 Å². The standard InChI is InChI=1S/C21H18FN5/c22-14-5-1-12(2-6-14)19-18(16-9-10-23-21-17(16)11-24-25-21)20-13-3-7-15(8-4-13)27(20)26-19/h1-2,5-6,9-11,13,15H,3-4,7-8H2,(H,23,24,25). The summed E-state index contributed by atoms with van der Waals surface area (Å²) in [6, 6.07) is 9.18. The Morgan fingerprint density at radius 1 is 1.04 bits per heavy atom. The van der Waals surface area contributed by atoms with Crippen molar-refractivity contribution in [3.63, 3.8) is 0 Å². The van der Waals surface area contributed by atoms with E-state index in [1.807, 2.05) is 30.6 Å². The van der Waals surface area contributed by atoms with Crippen molar-refractivity contribution < 1.29 is 4.39 Å². The van der Waals surface area contributed by atoms with E-state index in [0.717, 1.165) is 33.4 Å². The average molecular weight is 359 g/mol. The van der Waals surface area contributed by atoms with E-state index in [1.54, 1.807) is 0 Å². The highest BCUT2D eigenvalue weighted by Crippen LogP contribution is 2.51. The molecule has 0 amide bonds. The van der Waals surface area contributed by atoms with Crippen molar-refractivity contribution in [3.8, 4) is 22.4 Å². The Morgan fingerprint density at radius 2 is 1.85 bits per heavy atom. The lowest BCUT2D eigenvalue weighted by Crippen LogP contribution is -2.28. The first-order chi connectivity index (χ1) is 13.3. The van der Waals surface area contributed by atoms with Crippen LogP contribution in [-0.2, 0) is 0 Å². The fraction of sp³-hybridized carbons (Fsp3) is 0.286. The van der Waals surface area contributed by atoms with Crippen LogP contribution in [0.1, 0.15) is 43.3 Å². The van der Waals surface area contributed by atoms with Crippen molar-refractivity contribution in [1.29, 1.82) is 0 Å².